The largest absolute Gasteiger partial charge is 0.455 e. The molecule has 1 fully saturated rings. The van der Waals surface area contributed by atoms with Gasteiger partial charge in [-0.05, 0) is 38.5 Å². The summed E-state index contributed by atoms with van der Waals surface area (Å²) in [5.41, 5.74) is -0.906. The number of carbonyl (C=O) groups excluding carboxylic acids is 2. The number of β-lactam (4-membered cyclic amide) rings is 1. The van der Waals surface area contributed by atoms with Crippen LogP contribution in [0, 0.1) is 0 Å². The van der Waals surface area contributed by atoms with Crippen LogP contribution in [-0.2, 0) is 39.7 Å². The summed E-state index contributed by atoms with van der Waals surface area (Å²) in [6.45, 7) is 5.00. The summed E-state index contributed by atoms with van der Waals surface area (Å²) in [7, 11) is -4.18. The number of carbonyl (C=O) groups is 2. The number of fused-ring (bicyclic) bond motifs is 1. The maximum Gasteiger partial charge on any atom is 0.355 e. The zero-order chi connectivity index (χ0) is 21.6. The lowest BCUT2D eigenvalue weighted by atomic mass is 10.1. The number of methoxy groups -OCH3 is 1. The Hall–Kier alpha value is -2.04. The number of sulfone groups is 1. The minimum atomic E-state index is -3.83. The van der Waals surface area contributed by atoms with Gasteiger partial charge < -0.3 is 9.47 Å². The third-order valence-corrected chi connectivity index (χ3v) is 7.82. The van der Waals surface area contributed by atoms with Gasteiger partial charge in [-0.15, -0.1) is 0 Å². The first-order valence-electron chi connectivity index (χ1n) is 8.92. The van der Waals surface area contributed by atoms with E-state index >= 15 is 0 Å². The molecule has 1 saturated heterocycles. The van der Waals surface area contributed by atoms with E-state index in [0.717, 1.165) is 4.90 Å². The summed E-state index contributed by atoms with van der Waals surface area (Å²) >= 11 is 0. The lowest BCUT2D eigenvalue weighted by molar-refractivity contribution is -0.167. The van der Waals surface area contributed by atoms with E-state index in [1.54, 1.807) is 51.1 Å². The first-order valence-corrected chi connectivity index (χ1v) is 12.0. The van der Waals surface area contributed by atoms with Gasteiger partial charge in [-0.25, -0.2) is 13.2 Å². The van der Waals surface area contributed by atoms with E-state index in [-0.39, 0.29) is 17.0 Å². The molecule has 0 aliphatic carbocycles. The Labute approximate surface area is 172 Å². The van der Waals surface area contributed by atoms with Gasteiger partial charge in [-0.2, -0.15) is 0 Å². The molecule has 2 heterocycles. The second-order valence-electron chi connectivity index (χ2n) is 7.82. The summed E-state index contributed by atoms with van der Waals surface area (Å²) in [5.74, 6) is -2.15. The SMILES string of the molecule is COC1C(=O)N2C(C(=O)OC(C)(C)C)=C(CS(=O)c3ccccc3)CS(=O)(=O)C12. The van der Waals surface area contributed by atoms with Crippen LogP contribution in [0.2, 0.25) is 0 Å². The molecule has 3 unspecified atom stereocenters. The molecule has 0 saturated carbocycles. The zero-order valence-electron chi connectivity index (χ0n) is 16.6. The van der Waals surface area contributed by atoms with E-state index in [1.165, 1.54) is 7.11 Å². The van der Waals surface area contributed by atoms with Crippen LogP contribution in [0.15, 0.2) is 46.5 Å². The standard InChI is InChI=1S/C19H23NO7S2/c1-19(2,3)27-18(22)14-12(10-28(23)13-8-6-5-7-9-13)11-29(24,25)17-15(26-4)16(21)20(14)17/h5-9,15,17H,10-11H2,1-4H3. The van der Waals surface area contributed by atoms with Crippen LogP contribution in [0.25, 0.3) is 0 Å². The van der Waals surface area contributed by atoms with E-state index < -0.39 is 55.3 Å². The Morgan fingerprint density at radius 2 is 1.86 bits per heavy atom. The van der Waals surface area contributed by atoms with E-state index in [4.69, 9.17) is 9.47 Å². The predicted molar refractivity (Wildman–Crippen MR) is 106 cm³/mol. The fourth-order valence-corrected chi connectivity index (χ4v) is 6.64. The van der Waals surface area contributed by atoms with E-state index in [2.05, 4.69) is 0 Å². The van der Waals surface area contributed by atoms with Crippen molar-refractivity contribution in [3.63, 3.8) is 0 Å². The van der Waals surface area contributed by atoms with Crippen LogP contribution in [-0.4, -0.2) is 65.1 Å². The summed E-state index contributed by atoms with van der Waals surface area (Å²) in [5, 5.41) is -1.28. The molecule has 10 heteroatoms. The van der Waals surface area contributed by atoms with Gasteiger partial charge in [0, 0.05) is 12.0 Å². The average molecular weight is 442 g/mol. The molecule has 0 spiro atoms. The van der Waals surface area contributed by atoms with Crippen molar-refractivity contribution in [3.05, 3.63) is 41.6 Å². The van der Waals surface area contributed by atoms with Gasteiger partial charge >= 0.3 is 5.97 Å². The monoisotopic (exact) mass is 441 g/mol. The molecule has 3 rings (SSSR count). The third kappa shape index (κ3) is 4.15. The van der Waals surface area contributed by atoms with Crippen molar-refractivity contribution >= 4 is 32.5 Å². The maximum absolute atomic E-state index is 12.9. The fraction of sp³-hybridized carbons (Fsp3) is 0.474. The van der Waals surface area contributed by atoms with Gasteiger partial charge in [0.25, 0.3) is 5.91 Å². The molecular formula is C19H23NO7S2. The summed E-state index contributed by atoms with van der Waals surface area (Å²) in [4.78, 5) is 26.8. The van der Waals surface area contributed by atoms with Gasteiger partial charge in [0.2, 0.25) is 0 Å². The molecule has 1 amide bonds. The molecule has 0 radical (unpaired) electrons. The first-order chi connectivity index (χ1) is 13.5. The van der Waals surface area contributed by atoms with Crippen LogP contribution in [0.4, 0.5) is 0 Å². The molecule has 2 aliphatic heterocycles. The molecule has 8 nitrogen and oxygen atoms in total. The number of benzene rings is 1. The van der Waals surface area contributed by atoms with Gasteiger partial charge in [-0.3, -0.25) is 13.9 Å². The third-order valence-electron chi connectivity index (χ3n) is 4.47. The van der Waals surface area contributed by atoms with Crippen molar-refractivity contribution in [2.24, 2.45) is 0 Å². The van der Waals surface area contributed by atoms with Crippen molar-refractivity contribution in [1.29, 1.82) is 0 Å². The van der Waals surface area contributed by atoms with Crippen LogP contribution in [0.1, 0.15) is 20.8 Å². The minimum absolute atomic E-state index is 0.0978. The van der Waals surface area contributed by atoms with Crippen molar-refractivity contribution < 1.29 is 31.7 Å². The smallest absolute Gasteiger partial charge is 0.355 e. The second kappa shape index (κ2) is 7.66. The number of nitrogens with zero attached hydrogens (tertiary/aromatic N) is 1. The Kier molecular flexibility index (Phi) is 5.72. The average Bonchev–Trinajstić information content (AvgIpc) is 2.61. The Morgan fingerprint density at radius 1 is 1.24 bits per heavy atom. The fourth-order valence-electron chi connectivity index (χ4n) is 3.30. The van der Waals surface area contributed by atoms with E-state index in [0.29, 0.717) is 4.90 Å². The quantitative estimate of drug-likeness (QED) is 0.496. The summed E-state index contributed by atoms with van der Waals surface area (Å²) in [6, 6.07) is 8.50. The van der Waals surface area contributed by atoms with Crippen LogP contribution >= 0.6 is 0 Å². The van der Waals surface area contributed by atoms with Crippen LogP contribution in [0.3, 0.4) is 0 Å². The lowest BCUT2D eigenvalue weighted by Crippen LogP contribution is -2.70. The Bertz CT molecular complexity index is 993. The highest BCUT2D eigenvalue weighted by molar-refractivity contribution is 7.92. The van der Waals surface area contributed by atoms with Gasteiger partial charge in [0.1, 0.15) is 11.3 Å². The molecule has 1 aromatic carbocycles. The highest BCUT2D eigenvalue weighted by atomic mass is 32.2. The zero-order valence-corrected chi connectivity index (χ0v) is 18.2. The molecule has 1 aromatic rings. The van der Waals surface area contributed by atoms with Crippen molar-refractivity contribution in [2.45, 2.75) is 42.7 Å². The molecule has 0 N–H and O–H groups in total. The van der Waals surface area contributed by atoms with Gasteiger partial charge in [-0.1, -0.05) is 18.2 Å². The topological polar surface area (TPSA) is 107 Å². The van der Waals surface area contributed by atoms with Gasteiger partial charge in [0.05, 0.1) is 22.3 Å². The first kappa shape index (κ1) is 21.7. The van der Waals surface area contributed by atoms with Crippen LogP contribution in [0.5, 0.6) is 0 Å². The van der Waals surface area contributed by atoms with Crippen molar-refractivity contribution in [2.75, 3.05) is 18.6 Å². The maximum atomic E-state index is 12.9. The molecule has 29 heavy (non-hydrogen) atoms. The number of esters is 1. The van der Waals surface area contributed by atoms with Crippen molar-refractivity contribution in [3.8, 4) is 0 Å². The van der Waals surface area contributed by atoms with Crippen LogP contribution < -0.4 is 0 Å². The normalized spacial score (nSPS) is 24.6. The Morgan fingerprint density at radius 3 is 2.41 bits per heavy atom. The molecule has 2 aliphatic rings. The predicted octanol–water partition coefficient (Wildman–Crippen LogP) is 1.00. The Balaban J connectivity index is 2.06. The summed E-state index contributed by atoms with van der Waals surface area (Å²) in [6.07, 6.45) is -1.17. The van der Waals surface area contributed by atoms with Crippen molar-refractivity contribution in [1.82, 2.24) is 4.90 Å². The molecule has 0 aromatic heterocycles. The second-order valence-corrected chi connectivity index (χ2v) is 11.4. The lowest BCUT2D eigenvalue weighted by Gasteiger charge is -2.48. The van der Waals surface area contributed by atoms with E-state index in [1.807, 2.05) is 0 Å². The number of hydrogen-bond donors (Lipinski definition) is 0. The number of amides is 1. The molecular weight excluding hydrogens is 418 g/mol. The number of hydrogen-bond acceptors (Lipinski definition) is 7. The summed E-state index contributed by atoms with van der Waals surface area (Å²) < 4.78 is 48.8. The van der Waals surface area contributed by atoms with Gasteiger partial charge in [0.15, 0.2) is 21.3 Å². The molecule has 0 bridgehead atoms. The highest BCUT2D eigenvalue weighted by Gasteiger charge is 2.60. The molecule has 3 atom stereocenters. The number of rotatable bonds is 5. The number of ether oxygens (including phenoxy) is 2. The molecule has 158 valence electrons. The van der Waals surface area contributed by atoms with E-state index in [9.17, 15) is 22.2 Å². The minimum Gasteiger partial charge on any atom is -0.455 e. The highest BCUT2D eigenvalue weighted by Crippen LogP contribution is 2.39.